The van der Waals surface area contributed by atoms with Crippen molar-refractivity contribution in [3.8, 4) is 0 Å². The first-order chi connectivity index (χ1) is 11.5. The summed E-state index contributed by atoms with van der Waals surface area (Å²) in [7, 11) is 0. The molecular weight excluding hydrogens is 380 g/mol. The van der Waals surface area contributed by atoms with Gasteiger partial charge in [0.2, 0.25) is 0 Å². The van der Waals surface area contributed by atoms with Crippen LogP contribution in [0.3, 0.4) is 0 Å². The molecule has 124 valence electrons. The highest BCUT2D eigenvalue weighted by Crippen LogP contribution is 2.29. The molecule has 4 nitrogen and oxygen atoms in total. The molecule has 0 aliphatic heterocycles. The number of benzene rings is 1. The number of hydrogen-bond donors (Lipinski definition) is 2. The molecule has 3 rings (SSSR count). The predicted octanol–water partition coefficient (Wildman–Crippen LogP) is 5.67. The van der Waals surface area contributed by atoms with Crippen LogP contribution in [-0.2, 0) is 0 Å². The van der Waals surface area contributed by atoms with Gasteiger partial charge in [-0.15, -0.1) is 34.4 Å². The zero-order valence-electron chi connectivity index (χ0n) is 13.0. The lowest BCUT2D eigenvalue weighted by Gasteiger charge is -2.06. The van der Waals surface area contributed by atoms with E-state index in [9.17, 15) is 0 Å². The van der Waals surface area contributed by atoms with Crippen LogP contribution in [0.2, 0.25) is 5.02 Å². The van der Waals surface area contributed by atoms with E-state index in [4.69, 9.17) is 17.3 Å². The lowest BCUT2D eigenvalue weighted by atomic mass is 10.2. The van der Waals surface area contributed by atoms with Crippen LogP contribution in [-0.4, -0.2) is 17.1 Å². The average Bonchev–Trinajstić information content (AvgIpc) is 3.19. The molecule has 0 aliphatic carbocycles. The predicted molar refractivity (Wildman–Crippen MR) is 108 cm³/mol. The van der Waals surface area contributed by atoms with Crippen LogP contribution in [0, 0.1) is 6.92 Å². The number of aromatic nitrogens is 1. The van der Waals surface area contributed by atoms with E-state index in [1.165, 1.54) is 15.5 Å². The second-order valence-corrected chi connectivity index (χ2v) is 8.40. The van der Waals surface area contributed by atoms with Crippen LogP contribution in [0.4, 0.5) is 16.6 Å². The molecule has 1 aromatic carbocycles. The van der Waals surface area contributed by atoms with Crippen molar-refractivity contribution < 1.29 is 0 Å². The summed E-state index contributed by atoms with van der Waals surface area (Å²) in [5.41, 5.74) is 8.11. The minimum absolute atomic E-state index is 0.486. The number of nitrogens with two attached hydrogens (primary N) is 1. The number of nitrogens with zero attached hydrogens (tertiary/aromatic N) is 2. The van der Waals surface area contributed by atoms with E-state index < -0.39 is 0 Å². The number of aliphatic imine (C=N–C) groups is 1. The second kappa shape index (κ2) is 7.57. The molecule has 0 atom stereocenters. The zero-order chi connectivity index (χ0) is 17.1. The molecule has 3 aromatic rings. The van der Waals surface area contributed by atoms with Crippen LogP contribution < -0.4 is 11.1 Å². The standard InChI is InChI=1S/C16H15ClN4S3/c1-9-7-10(17)3-4-11(9)19-16-21-13(8-23-16)20-15(18)12-5-6-14(22-2)24-12/h3-8H,1-2H3,(H2,18,20)(H,19,21). The van der Waals surface area contributed by atoms with E-state index in [1.54, 1.807) is 23.1 Å². The number of thiazole rings is 1. The number of hydrogen-bond acceptors (Lipinski definition) is 6. The zero-order valence-corrected chi connectivity index (χ0v) is 16.2. The topological polar surface area (TPSA) is 63.3 Å². The van der Waals surface area contributed by atoms with Crippen molar-refractivity contribution in [2.75, 3.05) is 11.6 Å². The Morgan fingerprint density at radius 3 is 2.88 bits per heavy atom. The molecule has 0 saturated heterocycles. The molecule has 2 heterocycles. The summed E-state index contributed by atoms with van der Waals surface area (Å²) in [6.07, 6.45) is 2.04. The first kappa shape index (κ1) is 17.3. The number of nitrogens with one attached hydrogen (secondary N) is 1. The summed E-state index contributed by atoms with van der Waals surface area (Å²) in [4.78, 5) is 9.83. The maximum Gasteiger partial charge on any atom is 0.189 e. The highest BCUT2D eigenvalue weighted by Gasteiger charge is 2.07. The number of amidine groups is 1. The van der Waals surface area contributed by atoms with Crippen molar-refractivity contribution >= 4 is 68.5 Å². The first-order valence-electron chi connectivity index (χ1n) is 7.02. The molecule has 3 N–H and O–H groups in total. The Balaban J connectivity index is 1.76. The molecule has 24 heavy (non-hydrogen) atoms. The SMILES string of the molecule is CSc1ccc(C(N)=Nc2csc(Nc3ccc(Cl)cc3C)n2)s1. The van der Waals surface area contributed by atoms with Crippen LogP contribution in [0.25, 0.3) is 0 Å². The van der Waals surface area contributed by atoms with Gasteiger partial charge in [0.1, 0.15) is 5.84 Å². The molecule has 0 amide bonds. The van der Waals surface area contributed by atoms with Gasteiger partial charge in [-0.2, -0.15) is 0 Å². The Bertz CT molecular complexity index is 885. The summed E-state index contributed by atoms with van der Waals surface area (Å²) < 4.78 is 1.21. The molecule has 8 heteroatoms. The molecule has 0 saturated carbocycles. The smallest absolute Gasteiger partial charge is 0.189 e. The molecule has 0 radical (unpaired) electrons. The van der Waals surface area contributed by atoms with E-state index in [0.717, 1.165) is 26.3 Å². The largest absolute Gasteiger partial charge is 0.382 e. The summed E-state index contributed by atoms with van der Waals surface area (Å²) in [5, 5.41) is 6.65. The third kappa shape index (κ3) is 4.10. The number of halogens is 1. The number of anilines is 2. The summed E-state index contributed by atoms with van der Waals surface area (Å²) >= 11 is 10.8. The summed E-state index contributed by atoms with van der Waals surface area (Å²) in [6, 6.07) is 9.73. The van der Waals surface area contributed by atoms with E-state index in [2.05, 4.69) is 15.3 Å². The Labute approximate surface area is 157 Å². The van der Waals surface area contributed by atoms with Crippen LogP contribution in [0.5, 0.6) is 0 Å². The van der Waals surface area contributed by atoms with Gasteiger partial charge in [0.15, 0.2) is 10.9 Å². The van der Waals surface area contributed by atoms with E-state index in [-0.39, 0.29) is 0 Å². The maximum absolute atomic E-state index is 6.08. The van der Waals surface area contributed by atoms with E-state index in [0.29, 0.717) is 11.7 Å². The molecular formula is C16H15ClN4S3. The Kier molecular flexibility index (Phi) is 5.45. The highest BCUT2D eigenvalue weighted by molar-refractivity contribution is 8.00. The van der Waals surface area contributed by atoms with Crippen molar-refractivity contribution in [3.05, 3.63) is 51.2 Å². The van der Waals surface area contributed by atoms with Crippen molar-refractivity contribution in [2.45, 2.75) is 11.1 Å². The molecule has 0 bridgehead atoms. The Hall–Kier alpha value is -1.54. The minimum Gasteiger partial charge on any atom is -0.382 e. The van der Waals surface area contributed by atoms with E-state index in [1.807, 2.05) is 48.9 Å². The van der Waals surface area contributed by atoms with Crippen LogP contribution >= 0.6 is 46.0 Å². The Morgan fingerprint density at radius 2 is 2.17 bits per heavy atom. The lowest BCUT2D eigenvalue weighted by molar-refractivity contribution is 1.31. The molecule has 0 spiro atoms. The fourth-order valence-corrected chi connectivity index (χ4v) is 4.31. The second-order valence-electron chi connectivity index (χ2n) is 4.91. The molecule has 2 aromatic heterocycles. The quantitative estimate of drug-likeness (QED) is 0.332. The number of thiophene rings is 1. The molecule has 0 fully saturated rings. The van der Waals surface area contributed by atoms with Gasteiger partial charge in [-0.25, -0.2) is 9.98 Å². The summed E-state index contributed by atoms with van der Waals surface area (Å²) in [6.45, 7) is 2.00. The van der Waals surface area contributed by atoms with E-state index >= 15 is 0 Å². The third-order valence-electron chi connectivity index (χ3n) is 3.19. The van der Waals surface area contributed by atoms with Gasteiger partial charge < -0.3 is 11.1 Å². The van der Waals surface area contributed by atoms with Gasteiger partial charge in [-0.3, -0.25) is 0 Å². The van der Waals surface area contributed by atoms with Gasteiger partial charge in [0.25, 0.3) is 0 Å². The lowest BCUT2D eigenvalue weighted by Crippen LogP contribution is -2.10. The first-order valence-corrected chi connectivity index (χ1v) is 10.3. The average molecular weight is 395 g/mol. The molecule has 0 aliphatic rings. The number of aryl methyl sites for hydroxylation is 1. The highest BCUT2D eigenvalue weighted by atomic mass is 35.5. The van der Waals surface area contributed by atoms with Crippen molar-refractivity contribution in [1.29, 1.82) is 0 Å². The van der Waals surface area contributed by atoms with Gasteiger partial charge in [-0.05, 0) is 49.1 Å². The maximum atomic E-state index is 6.08. The van der Waals surface area contributed by atoms with Crippen molar-refractivity contribution in [1.82, 2.24) is 4.98 Å². The van der Waals surface area contributed by atoms with Crippen molar-refractivity contribution in [2.24, 2.45) is 10.7 Å². The summed E-state index contributed by atoms with van der Waals surface area (Å²) in [5.74, 6) is 1.09. The van der Waals surface area contributed by atoms with Gasteiger partial charge in [0.05, 0.1) is 9.09 Å². The number of thioether (sulfide) groups is 1. The monoisotopic (exact) mass is 394 g/mol. The number of rotatable bonds is 5. The Morgan fingerprint density at radius 1 is 1.33 bits per heavy atom. The van der Waals surface area contributed by atoms with Crippen LogP contribution in [0.15, 0.2) is 44.9 Å². The van der Waals surface area contributed by atoms with Crippen molar-refractivity contribution in [3.63, 3.8) is 0 Å². The van der Waals surface area contributed by atoms with Gasteiger partial charge >= 0.3 is 0 Å². The third-order valence-corrected chi connectivity index (χ3v) is 6.36. The minimum atomic E-state index is 0.486. The fraction of sp³-hybridized carbons (Fsp3) is 0.125. The van der Waals surface area contributed by atoms with Gasteiger partial charge in [0, 0.05) is 16.1 Å². The molecule has 0 unspecified atom stereocenters. The van der Waals surface area contributed by atoms with Gasteiger partial charge in [-0.1, -0.05) is 11.6 Å². The van der Waals surface area contributed by atoms with Crippen LogP contribution in [0.1, 0.15) is 10.4 Å². The fourth-order valence-electron chi connectivity index (χ4n) is 2.00. The normalized spacial score (nSPS) is 11.7.